The van der Waals surface area contributed by atoms with Crippen molar-refractivity contribution in [1.82, 2.24) is 20.1 Å². The van der Waals surface area contributed by atoms with E-state index in [2.05, 4.69) is 15.5 Å². The van der Waals surface area contributed by atoms with Crippen LogP contribution in [0.25, 0.3) is 17.3 Å². The summed E-state index contributed by atoms with van der Waals surface area (Å²) in [6.45, 7) is 2.23. The molecule has 0 aliphatic rings. The van der Waals surface area contributed by atoms with Crippen LogP contribution in [-0.4, -0.2) is 33.0 Å². The van der Waals surface area contributed by atoms with Crippen LogP contribution in [0.5, 0.6) is 5.75 Å². The summed E-state index contributed by atoms with van der Waals surface area (Å²) >= 11 is 1.34. The second-order valence-corrected chi connectivity index (χ2v) is 8.05. The van der Waals surface area contributed by atoms with E-state index < -0.39 is 0 Å². The van der Waals surface area contributed by atoms with E-state index in [4.69, 9.17) is 9.15 Å². The normalized spacial score (nSPS) is 11.8. The molecular weight excluding hydrogens is 412 g/mol. The molecule has 7 nitrogen and oxygen atoms in total. The van der Waals surface area contributed by atoms with Gasteiger partial charge in [-0.3, -0.25) is 9.36 Å². The Morgan fingerprint density at radius 2 is 1.87 bits per heavy atom. The third kappa shape index (κ3) is 4.64. The van der Waals surface area contributed by atoms with Crippen LogP contribution in [0.4, 0.5) is 0 Å². The maximum atomic E-state index is 12.8. The molecule has 0 radical (unpaired) electrons. The van der Waals surface area contributed by atoms with Crippen molar-refractivity contribution < 1.29 is 13.9 Å². The van der Waals surface area contributed by atoms with Gasteiger partial charge in [0.2, 0.25) is 11.7 Å². The number of thioether (sulfide) groups is 1. The fourth-order valence-corrected chi connectivity index (χ4v) is 4.00. The Hall–Kier alpha value is -3.52. The first-order valence-corrected chi connectivity index (χ1v) is 10.7. The van der Waals surface area contributed by atoms with Crippen LogP contribution in [0, 0.1) is 0 Å². The summed E-state index contributed by atoms with van der Waals surface area (Å²) in [6, 6.07) is 21.0. The Labute approximate surface area is 184 Å². The summed E-state index contributed by atoms with van der Waals surface area (Å²) in [6.07, 6.45) is 1.60. The van der Waals surface area contributed by atoms with Crippen molar-refractivity contribution in [2.45, 2.75) is 23.9 Å². The average Bonchev–Trinajstić information content (AvgIpc) is 3.48. The number of hydrogen-bond acceptors (Lipinski definition) is 6. The van der Waals surface area contributed by atoms with E-state index >= 15 is 0 Å². The molecule has 0 saturated heterocycles. The fourth-order valence-electron chi connectivity index (χ4n) is 3.11. The Kier molecular flexibility index (Phi) is 6.37. The highest BCUT2D eigenvalue weighted by atomic mass is 32.2. The van der Waals surface area contributed by atoms with Gasteiger partial charge in [0.25, 0.3) is 0 Å². The lowest BCUT2D eigenvalue weighted by Gasteiger charge is -2.14. The lowest BCUT2D eigenvalue weighted by molar-refractivity contribution is -0.120. The summed E-state index contributed by atoms with van der Waals surface area (Å²) in [5.41, 5.74) is 1.81. The summed E-state index contributed by atoms with van der Waals surface area (Å²) in [7, 11) is 1.62. The van der Waals surface area contributed by atoms with Crippen LogP contribution in [0.3, 0.4) is 0 Å². The first kappa shape index (κ1) is 20.7. The second kappa shape index (κ2) is 9.53. The van der Waals surface area contributed by atoms with Crippen molar-refractivity contribution in [3.05, 3.63) is 78.6 Å². The molecule has 1 N–H and O–H groups in total. The number of furan rings is 1. The SMILES string of the molecule is COc1ccccc1CNC(=O)C(C)Sc1nnc(-c2ccco2)n1-c1ccccc1. The number of hydrogen-bond donors (Lipinski definition) is 1. The minimum atomic E-state index is -0.383. The van der Waals surface area contributed by atoms with Crippen molar-refractivity contribution in [1.29, 1.82) is 0 Å². The molecular formula is C23H22N4O3S. The number of methoxy groups -OCH3 is 1. The largest absolute Gasteiger partial charge is 0.496 e. The van der Waals surface area contributed by atoms with Crippen molar-refractivity contribution in [2.75, 3.05) is 7.11 Å². The first-order chi connectivity index (χ1) is 15.2. The molecule has 4 rings (SSSR count). The van der Waals surface area contributed by atoms with Crippen LogP contribution in [0.15, 0.2) is 82.6 Å². The summed E-state index contributed by atoms with van der Waals surface area (Å²) in [5.74, 6) is 1.84. The van der Waals surface area contributed by atoms with E-state index in [1.165, 1.54) is 11.8 Å². The van der Waals surface area contributed by atoms with E-state index in [9.17, 15) is 4.79 Å². The van der Waals surface area contributed by atoms with Crippen LogP contribution in [0.2, 0.25) is 0 Å². The maximum Gasteiger partial charge on any atom is 0.233 e. The third-order valence-corrected chi connectivity index (χ3v) is 5.73. The number of rotatable bonds is 8. The van der Waals surface area contributed by atoms with Gasteiger partial charge >= 0.3 is 0 Å². The second-order valence-electron chi connectivity index (χ2n) is 6.74. The highest BCUT2D eigenvalue weighted by molar-refractivity contribution is 8.00. The molecule has 1 unspecified atom stereocenters. The van der Waals surface area contributed by atoms with Gasteiger partial charge in [-0.15, -0.1) is 10.2 Å². The number of nitrogens with one attached hydrogen (secondary N) is 1. The van der Waals surface area contributed by atoms with E-state index in [0.717, 1.165) is 17.0 Å². The van der Waals surface area contributed by atoms with Crippen molar-refractivity contribution in [2.24, 2.45) is 0 Å². The Bertz CT molecular complexity index is 1140. The highest BCUT2D eigenvalue weighted by Gasteiger charge is 2.22. The van der Waals surface area contributed by atoms with Crippen LogP contribution >= 0.6 is 11.8 Å². The summed E-state index contributed by atoms with van der Waals surface area (Å²) < 4.78 is 12.8. The molecule has 31 heavy (non-hydrogen) atoms. The van der Waals surface area contributed by atoms with Gasteiger partial charge in [-0.25, -0.2) is 0 Å². The summed E-state index contributed by atoms with van der Waals surface area (Å²) in [4.78, 5) is 12.8. The highest BCUT2D eigenvalue weighted by Crippen LogP contribution is 2.30. The molecule has 8 heteroatoms. The molecule has 0 spiro atoms. The quantitative estimate of drug-likeness (QED) is 0.416. The molecule has 0 bridgehead atoms. The Balaban J connectivity index is 1.53. The Morgan fingerprint density at radius 3 is 2.61 bits per heavy atom. The van der Waals surface area contributed by atoms with Crippen LogP contribution in [-0.2, 0) is 11.3 Å². The zero-order chi connectivity index (χ0) is 21.6. The lowest BCUT2D eigenvalue weighted by atomic mass is 10.2. The molecule has 4 aromatic rings. The van der Waals surface area contributed by atoms with Crippen LogP contribution in [0.1, 0.15) is 12.5 Å². The molecule has 2 aromatic carbocycles. The molecule has 158 valence electrons. The van der Waals surface area contributed by atoms with E-state index in [1.807, 2.05) is 72.2 Å². The average molecular weight is 435 g/mol. The van der Waals surface area contributed by atoms with Crippen LogP contribution < -0.4 is 10.1 Å². The minimum absolute atomic E-state index is 0.0990. The monoisotopic (exact) mass is 434 g/mol. The number of carbonyl (C=O) groups excluding carboxylic acids is 1. The molecule has 0 aliphatic heterocycles. The van der Waals surface area contributed by atoms with Crippen molar-refractivity contribution in [3.63, 3.8) is 0 Å². The topological polar surface area (TPSA) is 82.2 Å². The molecule has 0 fully saturated rings. The molecule has 0 saturated carbocycles. The zero-order valence-electron chi connectivity index (χ0n) is 17.2. The standard InChI is InChI=1S/C23H22N4O3S/c1-16(22(28)24-15-17-9-6-7-12-19(17)29-2)31-23-26-25-21(20-13-8-14-30-20)27(23)18-10-4-3-5-11-18/h3-14,16H,15H2,1-2H3,(H,24,28). The minimum Gasteiger partial charge on any atom is -0.496 e. The number of benzene rings is 2. The first-order valence-electron chi connectivity index (χ1n) is 9.78. The number of aromatic nitrogens is 3. The van der Waals surface area contributed by atoms with Gasteiger partial charge in [0, 0.05) is 17.8 Å². The predicted molar refractivity (Wildman–Crippen MR) is 119 cm³/mol. The lowest BCUT2D eigenvalue weighted by Crippen LogP contribution is -2.30. The molecule has 1 atom stereocenters. The van der Waals surface area contributed by atoms with E-state index in [1.54, 1.807) is 19.4 Å². The molecule has 2 heterocycles. The van der Waals surface area contributed by atoms with Gasteiger partial charge in [-0.2, -0.15) is 0 Å². The van der Waals surface area contributed by atoms with Gasteiger partial charge < -0.3 is 14.5 Å². The maximum absolute atomic E-state index is 12.8. The number of carbonyl (C=O) groups is 1. The number of para-hydroxylation sites is 2. The fraction of sp³-hybridized carbons (Fsp3) is 0.174. The molecule has 1 amide bonds. The van der Waals surface area contributed by atoms with Gasteiger partial charge in [0.15, 0.2) is 10.9 Å². The molecule has 0 aliphatic carbocycles. The van der Waals surface area contributed by atoms with Gasteiger partial charge in [-0.1, -0.05) is 48.2 Å². The third-order valence-electron chi connectivity index (χ3n) is 4.69. The van der Waals surface area contributed by atoms with Crippen molar-refractivity contribution >= 4 is 17.7 Å². The smallest absolute Gasteiger partial charge is 0.233 e. The van der Waals surface area contributed by atoms with Crippen molar-refractivity contribution in [3.8, 4) is 23.0 Å². The van der Waals surface area contributed by atoms with E-state index in [-0.39, 0.29) is 11.2 Å². The van der Waals surface area contributed by atoms with Gasteiger partial charge in [0.05, 0.1) is 18.6 Å². The number of amides is 1. The molecule has 2 aromatic heterocycles. The number of nitrogens with zero attached hydrogens (tertiary/aromatic N) is 3. The predicted octanol–water partition coefficient (Wildman–Crippen LogP) is 4.33. The zero-order valence-corrected chi connectivity index (χ0v) is 18.0. The van der Waals surface area contributed by atoms with E-state index in [0.29, 0.717) is 23.3 Å². The Morgan fingerprint density at radius 1 is 1.10 bits per heavy atom. The van der Waals surface area contributed by atoms with Gasteiger partial charge in [-0.05, 0) is 37.3 Å². The number of ether oxygens (including phenoxy) is 1. The van der Waals surface area contributed by atoms with Gasteiger partial charge in [0.1, 0.15) is 5.75 Å². The summed E-state index contributed by atoms with van der Waals surface area (Å²) in [5, 5.41) is 11.8.